The Morgan fingerprint density at radius 2 is 1.75 bits per heavy atom. The fraction of sp³-hybridized carbons (Fsp3) is 0.316. The van der Waals surface area contributed by atoms with Crippen LogP contribution in [0.2, 0.25) is 0 Å². The van der Waals surface area contributed by atoms with Gasteiger partial charge < -0.3 is 15.6 Å². The molecular weight excluding hydrogens is 309 g/mol. The van der Waals surface area contributed by atoms with E-state index in [1.165, 1.54) is 0 Å². The van der Waals surface area contributed by atoms with E-state index in [0.29, 0.717) is 5.56 Å². The van der Waals surface area contributed by atoms with Crippen molar-refractivity contribution < 1.29 is 19.0 Å². The Hall–Kier alpha value is -2.40. The van der Waals surface area contributed by atoms with E-state index < -0.39 is 17.8 Å². The van der Waals surface area contributed by atoms with Crippen molar-refractivity contribution in [2.75, 3.05) is 7.11 Å². The smallest absolute Gasteiger partial charge is 0.305 e. The zero-order valence-corrected chi connectivity index (χ0v) is 14.3. The molecule has 0 saturated carbocycles. The van der Waals surface area contributed by atoms with E-state index in [-0.39, 0.29) is 12.0 Å². The lowest BCUT2D eigenvalue weighted by Gasteiger charge is -2.17. The zero-order chi connectivity index (χ0) is 18.0. The van der Waals surface area contributed by atoms with E-state index in [1.54, 1.807) is 26.2 Å². The van der Waals surface area contributed by atoms with Crippen LogP contribution in [0.4, 0.5) is 4.39 Å². The Kier molecular flexibility index (Phi) is 5.24. The number of aryl methyl sites for hydroxylation is 3. The van der Waals surface area contributed by atoms with Crippen LogP contribution in [0.1, 0.15) is 34.7 Å². The van der Waals surface area contributed by atoms with Crippen molar-refractivity contribution in [1.82, 2.24) is 0 Å². The van der Waals surface area contributed by atoms with E-state index >= 15 is 0 Å². The molecule has 128 valence electrons. The molecule has 0 aliphatic heterocycles. The fourth-order valence-electron chi connectivity index (χ4n) is 3.01. The van der Waals surface area contributed by atoms with Crippen molar-refractivity contribution in [1.29, 1.82) is 0 Å². The van der Waals surface area contributed by atoms with Gasteiger partial charge in [-0.1, -0.05) is 0 Å². The predicted molar refractivity (Wildman–Crippen MR) is 91.8 cm³/mol. The number of carbonyl (C=O) groups is 1. The molecule has 0 aliphatic rings. The van der Waals surface area contributed by atoms with Crippen LogP contribution in [-0.2, 0) is 4.79 Å². The van der Waals surface area contributed by atoms with Gasteiger partial charge in [-0.2, -0.15) is 0 Å². The van der Waals surface area contributed by atoms with Gasteiger partial charge >= 0.3 is 5.97 Å². The van der Waals surface area contributed by atoms with E-state index in [0.717, 1.165) is 28.0 Å². The summed E-state index contributed by atoms with van der Waals surface area (Å²) >= 11 is 0. The second-order valence-corrected chi connectivity index (χ2v) is 6.04. The van der Waals surface area contributed by atoms with Gasteiger partial charge in [0.25, 0.3) is 0 Å². The summed E-state index contributed by atoms with van der Waals surface area (Å²) in [7, 11) is 1.61. The second kappa shape index (κ2) is 7.01. The summed E-state index contributed by atoms with van der Waals surface area (Å²) in [5.41, 5.74) is 10.3. The van der Waals surface area contributed by atoms with Crippen molar-refractivity contribution >= 4 is 5.97 Å². The highest BCUT2D eigenvalue weighted by Gasteiger charge is 2.19. The molecule has 0 amide bonds. The third kappa shape index (κ3) is 3.57. The molecule has 24 heavy (non-hydrogen) atoms. The Bertz CT molecular complexity index is 763. The largest absolute Gasteiger partial charge is 0.497 e. The predicted octanol–water partition coefficient (Wildman–Crippen LogP) is 3.90. The minimum Gasteiger partial charge on any atom is -0.497 e. The van der Waals surface area contributed by atoms with E-state index in [4.69, 9.17) is 15.6 Å². The van der Waals surface area contributed by atoms with Crippen molar-refractivity contribution in [3.8, 4) is 16.9 Å². The van der Waals surface area contributed by atoms with Gasteiger partial charge in [-0.15, -0.1) is 0 Å². The Balaban J connectivity index is 2.61. The number of rotatable bonds is 5. The fourth-order valence-corrected chi connectivity index (χ4v) is 3.01. The molecule has 0 radical (unpaired) electrons. The summed E-state index contributed by atoms with van der Waals surface area (Å²) in [5, 5.41) is 8.92. The molecular formula is C19H22FNO3. The van der Waals surface area contributed by atoms with Crippen LogP contribution in [0, 0.1) is 26.6 Å². The van der Waals surface area contributed by atoms with Crippen LogP contribution in [0.3, 0.4) is 0 Å². The highest BCUT2D eigenvalue weighted by atomic mass is 19.1. The third-order valence-corrected chi connectivity index (χ3v) is 4.11. The van der Waals surface area contributed by atoms with Gasteiger partial charge in [0.15, 0.2) is 0 Å². The quantitative estimate of drug-likeness (QED) is 0.871. The van der Waals surface area contributed by atoms with Gasteiger partial charge in [-0.05, 0) is 72.9 Å². The first-order chi connectivity index (χ1) is 11.2. The molecule has 4 nitrogen and oxygen atoms in total. The van der Waals surface area contributed by atoms with Crippen LogP contribution in [-0.4, -0.2) is 18.2 Å². The second-order valence-electron chi connectivity index (χ2n) is 6.04. The van der Waals surface area contributed by atoms with Crippen LogP contribution in [0.5, 0.6) is 5.75 Å². The molecule has 0 aliphatic carbocycles. The molecule has 0 heterocycles. The van der Waals surface area contributed by atoms with Crippen molar-refractivity contribution in [2.24, 2.45) is 5.73 Å². The number of methoxy groups -OCH3 is 1. The highest BCUT2D eigenvalue weighted by molar-refractivity contribution is 5.74. The maximum atomic E-state index is 14.4. The summed E-state index contributed by atoms with van der Waals surface area (Å²) in [4.78, 5) is 10.9. The van der Waals surface area contributed by atoms with Gasteiger partial charge in [-0.25, -0.2) is 4.39 Å². The van der Waals surface area contributed by atoms with Gasteiger partial charge in [-0.3, -0.25) is 4.79 Å². The number of benzene rings is 2. The molecule has 5 heteroatoms. The molecule has 2 aromatic rings. The normalized spacial score (nSPS) is 12.1. The van der Waals surface area contributed by atoms with Crippen LogP contribution in [0.15, 0.2) is 24.3 Å². The molecule has 0 fully saturated rings. The lowest BCUT2D eigenvalue weighted by molar-refractivity contribution is -0.137. The van der Waals surface area contributed by atoms with Crippen LogP contribution in [0.25, 0.3) is 11.1 Å². The number of carboxylic acid groups (broad SMARTS) is 1. The Morgan fingerprint density at radius 3 is 2.25 bits per heavy atom. The lowest BCUT2D eigenvalue weighted by Crippen LogP contribution is -2.17. The van der Waals surface area contributed by atoms with E-state index in [9.17, 15) is 9.18 Å². The number of hydrogen-bond donors (Lipinski definition) is 2. The maximum Gasteiger partial charge on any atom is 0.305 e. The Labute approximate surface area is 141 Å². The lowest BCUT2D eigenvalue weighted by atomic mass is 9.90. The van der Waals surface area contributed by atoms with Crippen molar-refractivity contribution in [2.45, 2.75) is 33.2 Å². The van der Waals surface area contributed by atoms with Gasteiger partial charge in [0, 0.05) is 11.6 Å². The minimum atomic E-state index is -1.05. The van der Waals surface area contributed by atoms with Crippen LogP contribution >= 0.6 is 0 Å². The molecule has 2 aromatic carbocycles. The van der Waals surface area contributed by atoms with Crippen LogP contribution < -0.4 is 10.5 Å². The first-order valence-electron chi connectivity index (χ1n) is 7.67. The number of ether oxygens (including phenoxy) is 1. The summed E-state index contributed by atoms with van der Waals surface area (Å²) < 4.78 is 19.7. The van der Waals surface area contributed by atoms with Crippen molar-refractivity contribution in [3.05, 3.63) is 52.3 Å². The minimum absolute atomic E-state index is 0.224. The van der Waals surface area contributed by atoms with Gasteiger partial charge in [0.1, 0.15) is 11.6 Å². The first-order valence-corrected chi connectivity index (χ1v) is 7.67. The number of hydrogen-bond acceptors (Lipinski definition) is 3. The topological polar surface area (TPSA) is 72.5 Å². The Morgan fingerprint density at radius 1 is 1.17 bits per heavy atom. The molecule has 3 N–H and O–H groups in total. The molecule has 0 spiro atoms. The molecule has 0 unspecified atom stereocenters. The average Bonchev–Trinajstić information content (AvgIpc) is 2.48. The number of nitrogens with two attached hydrogens (primary N) is 1. The van der Waals surface area contributed by atoms with Crippen molar-refractivity contribution in [3.63, 3.8) is 0 Å². The van der Waals surface area contributed by atoms with E-state index in [2.05, 4.69) is 0 Å². The molecule has 0 saturated heterocycles. The third-order valence-electron chi connectivity index (χ3n) is 4.11. The molecule has 1 atom stereocenters. The summed E-state index contributed by atoms with van der Waals surface area (Å²) in [6.07, 6.45) is -0.319. The zero-order valence-electron chi connectivity index (χ0n) is 14.3. The average molecular weight is 331 g/mol. The monoisotopic (exact) mass is 331 g/mol. The standard InChI is InChI=1S/C19H22FNO3/c1-10-6-14(24-4)7-11(2)18(10)13-5-12(3)19(20)15(8-13)16(21)9-17(22)23/h5-8,16H,9,21H2,1-4H3,(H,22,23)/t16-/m0/s1. The van der Waals surface area contributed by atoms with Gasteiger partial charge in [0.2, 0.25) is 0 Å². The van der Waals surface area contributed by atoms with E-state index in [1.807, 2.05) is 26.0 Å². The molecule has 0 bridgehead atoms. The summed E-state index contributed by atoms with van der Waals surface area (Å²) in [5.74, 6) is -0.742. The molecule has 2 rings (SSSR count). The number of aliphatic carboxylic acids is 1. The van der Waals surface area contributed by atoms with Gasteiger partial charge in [0.05, 0.1) is 13.5 Å². The SMILES string of the molecule is COc1cc(C)c(-c2cc(C)c(F)c([C@@H](N)CC(=O)O)c2)c(C)c1. The maximum absolute atomic E-state index is 14.4. The molecule has 0 aromatic heterocycles. The summed E-state index contributed by atoms with van der Waals surface area (Å²) in [6.45, 7) is 5.57. The summed E-state index contributed by atoms with van der Waals surface area (Å²) in [6, 6.07) is 6.35. The highest BCUT2D eigenvalue weighted by Crippen LogP contribution is 2.34. The number of carboxylic acids is 1. The first kappa shape index (κ1) is 17.9. The number of halogens is 1.